The van der Waals surface area contributed by atoms with Gasteiger partial charge in [-0.1, -0.05) is 33.6 Å². The highest BCUT2D eigenvalue weighted by Crippen LogP contribution is 2.30. The summed E-state index contributed by atoms with van der Waals surface area (Å²) in [7, 11) is 0. The van der Waals surface area contributed by atoms with Gasteiger partial charge in [0.15, 0.2) is 0 Å². The van der Waals surface area contributed by atoms with Crippen molar-refractivity contribution in [3.63, 3.8) is 0 Å². The Morgan fingerprint density at radius 2 is 2.25 bits per heavy atom. The van der Waals surface area contributed by atoms with Crippen LogP contribution in [0.5, 0.6) is 5.75 Å². The van der Waals surface area contributed by atoms with Gasteiger partial charge in [-0.3, -0.25) is 4.98 Å². The highest BCUT2D eigenvalue weighted by molar-refractivity contribution is 5.30. The molecular formula is C17H28N2O. The second kappa shape index (κ2) is 7.63. The van der Waals surface area contributed by atoms with E-state index in [1.165, 1.54) is 37.7 Å². The average Bonchev–Trinajstić information content (AvgIpc) is 2.46. The lowest BCUT2D eigenvalue weighted by Crippen LogP contribution is -2.26. The number of nitrogens with one attached hydrogen (secondary N) is 1. The van der Waals surface area contributed by atoms with E-state index < -0.39 is 0 Å². The van der Waals surface area contributed by atoms with E-state index in [0.29, 0.717) is 12.1 Å². The molecule has 0 spiro atoms. The van der Waals surface area contributed by atoms with Crippen LogP contribution in [0.2, 0.25) is 0 Å². The Morgan fingerprint density at radius 3 is 3.00 bits per heavy atom. The number of rotatable bonds is 6. The van der Waals surface area contributed by atoms with Crippen LogP contribution >= 0.6 is 0 Å². The summed E-state index contributed by atoms with van der Waals surface area (Å²) < 4.78 is 6.27. The largest absolute Gasteiger partial charge is 0.490 e. The first-order chi connectivity index (χ1) is 9.69. The second-order valence-electron chi connectivity index (χ2n) is 6.20. The van der Waals surface area contributed by atoms with Gasteiger partial charge in [0.05, 0.1) is 6.10 Å². The van der Waals surface area contributed by atoms with Crippen molar-refractivity contribution in [2.24, 2.45) is 5.92 Å². The van der Waals surface area contributed by atoms with Crippen LogP contribution in [-0.4, -0.2) is 17.1 Å². The first-order valence-corrected chi connectivity index (χ1v) is 8.02. The quantitative estimate of drug-likeness (QED) is 0.855. The molecule has 3 nitrogen and oxygen atoms in total. The van der Waals surface area contributed by atoms with E-state index in [1.807, 2.05) is 18.5 Å². The molecule has 1 aliphatic rings. The number of pyridine rings is 1. The number of aromatic nitrogens is 1. The normalized spacial score (nSPS) is 23.0. The van der Waals surface area contributed by atoms with Gasteiger partial charge in [0.1, 0.15) is 5.75 Å². The fourth-order valence-corrected chi connectivity index (χ4v) is 2.88. The second-order valence-corrected chi connectivity index (χ2v) is 6.20. The van der Waals surface area contributed by atoms with Gasteiger partial charge in [-0.2, -0.15) is 0 Å². The standard InChI is InChI=1S/C17H28N2O/c1-4-14-6-5-7-16(10-14)20-17-8-9-18-11-15(17)12-19-13(2)3/h8-9,11,13-14,16,19H,4-7,10,12H2,1-3H3. The molecular weight excluding hydrogens is 248 g/mol. The topological polar surface area (TPSA) is 34.1 Å². The summed E-state index contributed by atoms with van der Waals surface area (Å²) in [5.74, 6) is 1.85. The number of hydrogen-bond acceptors (Lipinski definition) is 3. The van der Waals surface area contributed by atoms with Crippen molar-refractivity contribution in [1.29, 1.82) is 0 Å². The lowest BCUT2D eigenvalue weighted by Gasteiger charge is -2.29. The lowest BCUT2D eigenvalue weighted by atomic mass is 9.85. The van der Waals surface area contributed by atoms with Crippen molar-refractivity contribution in [2.75, 3.05) is 0 Å². The highest BCUT2D eigenvalue weighted by atomic mass is 16.5. The summed E-state index contributed by atoms with van der Waals surface area (Å²) in [6.07, 6.45) is 10.5. The van der Waals surface area contributed by atoms with E-state index in [-0.39, 0.29) is 0 Å². The molecule has 1 heterocycles. The minimum atomic E-state index is 0.383. The molecule has 2 unspecified atom stereocenters. The first kappa shape index (κ1) is 15.3. The Labute approximate surface area is 123 Å². The minimum absolute atomic E-state index is 0.383. The Hall–Kier alpha value is -1.09. The van der Waals surface area contributed by atoms with E-state index in [0.717, 1.165) is 18.2 Å². The van der Waals surface area contributed by atoms with Crippen LogP contribution in [0.15, 0.2) is 18.5 Å². The molecule has 2 atom stereocenters. The van der Waals surface area contributed by atoms with Gasteiger partial charge < -0.3 is 10.1 Å². The van der Waals surface area contributed by atoms with Gasteiger partial charge >= 0.3 is 0 Å². The van der Waals surface area contributed by atoms with Gasteiger partial charge in [0, 0.05) is 30.5 Å². The maximum absolute atomic E-state index is 6.27. The Kier molecular flexibility index (Phi) is 5.84. The van der Waals surface area contributed by atoms with Crippen LogP contribution in [0, 0.1) is 5.92 Å². The van der Waals surface area contributed by atoms with E-state index >= 15 is 0 Å². The Morgan fingerprint density at radius 1 is 1.40 bits per heavy atom. The Bertz CT molecular complexity index is 406. The molecule has 1 N–H and O–H groups in total. The zero-order valence-electron chi connectivity index (χ0n) is 13.1. The van der Waals surface area contributed by atoms with E-state index in [1.54, 1.807) is 0 Å². The van der Waals surface area contributed by atoms with E-state index in [2.05, 4.69) is 31.1 Å². The number of nitrogens with zero attached hydrogens (tertiary/aromatic N) is 1. The van der Waals surface area contributed by atoms with Gasteiger partial charge in [-0.05, 0) is 31.2 Å². The van der Waals surface area contributed by atoms with Crippen LogP contribution in [-0.2, 0) is 6.54 Å². The van der Waals surface area contributed by atoms with Crippen molar-refractivity contribution < 1.29 is 4.74 Å². The molecule has 112 valence electrons. The zero-order chi connectivity index (χ0) is 14.4. The molecule has 1 saturated carbocycles. The molecule has 1 fully saturated rings. The van der Waals surface area contributed by atoms with E-state index in [4.69, 9.17) is 4.74 Å². The third kappa shape index (κ3) is 4.48. The smallest absolute Gasteiger partial charge is 0.127 e. The summed E-state index contributed by atoms with van der Waals surface area (Å²) in [5, 5.41) is 3.44. The molecule has 2 rings (SSSR count). The summed E-state index contributed by atoms with van der Waals surface area (Å²) in [5.41, 5.74) is 1.17. The molecule has 0 bridgehead atoms. The van der Waals surface area contributed by atoms with Crippen molar-refractivity contribution in [2.45, 2.75) is 71.6 Å². The van der Waals surface area contributed by atoms with Crippen LogP contribution < -0.4 is 10.1 Å². The minimum Gasteiger partial charge on any atom is -0.490 e. The average molecular weight is 276 g/mol. The Balaban J connectivity index is 1.97. The van der Waals surface area contributed by atoms with Crippen molar-refractivity contribution in [1.82, 2.24) is 10.3 Å². The third-order valence-corrected chi connectivity index (χ3v) is 4.17. The fraction of sp³-hybridized carbons (Fsp3) is 0.706. The molecule has 0 aromatic carbocycles. The highest BCUT2D eigenvalue weighted by Gasteiger charge is 2.22. The monoisotopic (exact) mass is 276 g/mol. The van der Waals surface area contributed by atoms with Crippen molar-refractivity contribution in [3.8, 4) is 5.75 Å². The summed E-state index contributed by atoms with van der Waals surface area (Å²) in [6, 6.07) is 2.48. The molecule has 20 heavy (non-hydrogen) atoms. The molecule has 1 aromatic heterocycles. The molecule has 0 aliphatic heterocycles. The summed E-state index contributed by atoms with van der Waals surface area (Å²) in [6.45, 7) is 7.43. The van der Waals surface area contributed by atoms with E-state index in [9.17, 15) is 0 Å². The molecule has 0 amide bonds. The van der Waals surface area contributed by atoms with Gasteiger partial charge in [-0.25, -0.2) is 0 Å². The predicted octanol–water partition coefficient (Wildman–Crippen LogP) is 3.93. The zero-order valence-corrected chi connectivity index (χ0v) is 13.1. The maximum Gasteiger partial charge on any atom is 0.127 e. The molecule has 0 radical (unpaired) electrons. The first-order valence-electron chi connectivity index (χ1n) is 8.02. The maximum atomic E-state index is 6.27. The number of hydrogen-bond donors (Lipinski definition) is 1. The molecule has 3 heteroatoms. The van der Waals surface area contributed by atoms with Gasteiger partial charge in [0.25, 0.3) is 0 Å². The van der Waals surface area contributed by atoms with Crippen molar-refractivity contribution in [3.05, 3.63) is 24.0 Å². The van der Waals surface area contributed by atoms with Crippen LogP contribution in [0.4, 0.5) is 0 Å². The van der Waals surface area contributed by atoms with Crippen LogP contribution in [0.3, 0.4) is 0 Å². The van der Waals surface area contributed by atoms with Gasteiger partial charge in [-0.15, -0.1) is 0 Å². The SMILES string of the molecule is CCC1CCCC(Oc2ccncc2CNC(C)C)C1. The predicted molar refractivity (Wildman–Crippen MR) is 82.9 cm³/mol. The number of ether oxygens (including phenoxy) is 1. The molecule has 1 aromatic rings. The summed E-state index contributed by atoms with van der Waals surface area (Å²) in [4.78, 5) is 4.23. The van der Waals surface area contributed by atoms with Crippen molar-refractivity contribution >= 4 is 0 Å². The fourth-order valence-electron chi connectivity index (χ4n) is 2.88. The summed E-state index contributed by atoms with van der Waals surface area (Å²) >= 11 is 0. The molecule has 0 saturated heterocycles. The van der Waals surface area contributed by atoms with Crippen LogP contribution in [0.25, 0.3) is 0 Å². The molecule has 1 aliphatic carbocycles. The lowest BCUT2D eigenvalue weighted by molar-refractivity contribution is 0.120. The van der Waals surface area contributed by atoms with Crippen LogP contribution in [0.1, 0.15) is 58.4 Å². The van der Waals surface area contributed by atoms with Gasteiger partial charge in [0.2, 0.25) is 0 Å². The third-order valence-electron chi connectivity index (χ3n) is 4.17.